The van der Waals surface area contributed by atoms with Gasteiger partial charge in [0.15, 0.2) is 0 Å². The molecule has 1 aromatic carbocycles. The molecule has 0 bridgehead atoms. The number of non-ortho nitro benzene ring substituents is 1. The average Bonchev–Trinajstić information content (AvgIpc) is 2.46. The summed E-state index contributed by atoms with van der Waals surface area (Å²) in [6, 6.07) is 6.26. The number of amides is 1. The number of nitrogens with two attached hydrogens (primary N) is 1. The summed E-state index contributed by atoms with van der Waals surface area (Å²) in [5.41, 5.74) is 6.16. The van der Waals surface area contributed by atoms with Crippen LogP contribution < -0.4 is 5.73 Å². The minimum absolute atomic E-state index is 0.0603. The molecule has 0 aromatic heterocycles. The first-order chi connectivity index (χ1) is 9.49. The van der Waals surface area contributed by atoms with Gasteiger partial charge in [-0.1, -0.05) is 6.07 Å². The van der Waals surface area contributed by atoms with E-state index in [-0.39, 0.29) is 23.7 Å². The van der Waals surface area contributed by atoms with Crippen LogP contribution in [-0.4, -0.2) is 34.9 Å². The molecule has 0 heterocycles. The summed E-state index contributed by atoms with van der Waals surface area (Å²) >= 11 is 0. The maximum absolute atomic E-state index is 12.4. The molecular formula is C14H19N3O3. The van der Waals surface area contributed by atoms with Crippen molar-refractivity contribution in [2.75, 3.05) is 7.05 Å². The number of nitrogens with zero attached hydrogens (tertiary/aromatic N) is 2. The highest BCUT2D eigenvalue weighted by Gasteiger charge is 2.26. The molecule has 0 spiro atoms. The van der Waals surface area contributed by atoms with Gasteiger partial charge in [0.2, 0.25) is 0 Å². The van der Waals surface area contributed by atoms with Crippen LogP contribution in [0.15, 0.2) is 24.3 Å². The van der Waals surface area contributed by atoms with Crippen molar-refractivity contribution < 1.29 is 9.72 Å². The van der Waals surface area contributed by atoms with E-state index >= 15 is 0 Å². The summed E-state index contributed by atoms with van der Waals surface area (Å²) in [6.07, 6.45) is 3.60. The highest BCUT2D eigenvalue weighted by molar-refractivity contribution is 5.94. The topological polar surface area (TPSA) is 89.5 Å². The van der Waals surface area contributed by atoms with E-state index in [2.05, 4.69) is 0 Å². The predicted octanol–water partition coefficient (Wildman–Crippen LogP) is 1.94. The van der Waals surface area contributed by atoms with Crippen LogP contribution in [0, 0.1) is 10.1 Å². The van der Waals surface area contributed by atoms with Crippen LogP contribution in [0.5, 0.6) is 0 Å². The maximum atomic E-state index is 12.4. The maximum Gasteiger partial charge on any atom is 0.270 e. The molecular weight excluding hydrogens is 258 g/mol. The molecule has 0 radical (unpaired) electrons. The van der Waals surface area contributed by atoms with Gasteiger partial charge in [0.25, 0.3) is 11.6 Å². The van der Waals surface area contributed by atoms with E-state index in [4.69, 9.17) is 5.73 Å². The van der Waals surface area contributed by atoms with Gasteiger partial charge in [0.1, 0.15) is 0 Å². The number of nitro groups is 1. The van der Waals surface area contributed by atoms with Crippen LogP contribution in [0.3, 0.4) is 0 Å². The molecule has 0 aliphatic heterocycles. The lowest BCUT2D eigenvalue weighted by Crippen LogP contribution is -2.41. The van der Waals surface area contributed by atoms with Gasteiger partial charge in [-0.15, -0.1) is 0 Å². The van der Waals surface area contributed by atoms with Gasteiger partial charge < -0.3 is 10.6 Å². The number of carbonyl (C=O) groups excluding carboxylic acids is 1. The lowest BCUT2D eigenvalue weighted by molar-refractivity contribution is -0.384. The Morgan fingerprint density at radius 2 is 2.00 bits per heavy atom. The second-order valence-electron chi connectivity index (χ2n) is 5.29. The zero-order valence-electron chi connectivity index (χ0n) is 11.5. The van der Waals surface area contributed by atoms with E-state index in [0.717, 1.165) is 25.7 Å². The first-order valence-electron chi connectivity index (χ1n) is 6.76. The minimum atomic E-state index is -0.490. The summed E-state index contributed by atoms with van der Waals surface area (Å²) in [6.45, 7) is 0. The molecule has 1 aliphatic rings. The molecule has 0 unspecified atom stereocenters. The van der Waals surface area contributed by atoms with E-state index < -0.39 is 4.92 Å². The van der Waals surface area contributed by atoms with Crippen molar-refractivity contribution >= 4 is 11.6 Å². The van der Waals surface area contributed by atoms with Crippen LogP contribution in [0.4, 0.5) is 5.69 Å². The monoisotopic (exact) mass is 277 g/mol. The Hall–Kier alpha value is -1.95. The number of hydrogen-bond acceptors (Lipinski definition) is 4. The number of rotatable bonds is 3. The van der Waals surface area contributed by atoms with Crippen LogP contribution in [-0.2, 0) is 0 Å². The fourth-order valence-electron chi connectivity index (χ4n) is 2.61. The molecule has 0 saturated heterocycles. The van der Waals surface area contributed by atoms with Gasteiger partial charge in [0, 0.05) is 36.8 Å². The van der Waals surface area contributed by atoms with E-state index in [1.54, 1.807) is 18.0 Å². The summed E-state index contributed by atoms with van der Waals surface area (Å²) in [5.74, 6) is -0.172. The molecule has 1 aliphatic carbocycles. The van der Waals surface area contributed by atoms with Crippen LogP contribution in [0.1, 0.15) is 36.0 Å². The Kier molecular flexibility index (Phi) is 4.34. The molecule has 2 rings (SSSR count). The van der Waals surface area contributed by atoms with Crippen LogP contribution in [0.25, 0.3) is 0 Å². The highest BCUT2D eigenvalue weighted by atomic mass is 16.6. The highest BCUT2D eigenvalue weighted by Crippen LogP contribution is 2.23. The van der Waals surface area contributed by atoms with E-state index in [9.17, 15) is 14.9 Å². The predicted molar refractivity (Wildman–Crippen MR) is 75.4 cm³/mol. The quantitative estimate of drug-likeness (QED) is 0.675. The SMILES string of the molecule is CN(C(=O)c1cccc([N+](=O)[O-])c1)C1CCC(N)CC1. The Bertz CT molecular complexity index is 510. The van der Waals surface area contributed by atoms with Crippen molar-refractivity contribution in [3.63, 3.8) is 0 Å². The van der Waals surface area contributed by atoms with Gasteiger partial charge in [0.05, 0.1) is 4.92 Å². The van der Waals surface area contributed by atoms with Crippen LogP contribution >= 0.6 is 0 Å². The molecule has 6 nitrogen and oxygen atoms in total. The second-order valence-corrected chi connectivity index (χ2v) is 5.29. The van der Waals surface area contributed by atoms with Gasteiger partial charge in [-0.05, 0) is 31.7 Å². The van der Waals surface area contributed by atoms with Crippen molar-refractivity contribution in [1.82, 2.24) is 4.90 Å². The van der Waals surface area contributed by atoms with E-state index in [1.165, 1.54) is 18.2 Å². The number of benzene rings is 1. The third-order valence-corrected chi connectivity index (χ3v) is 3.91. The third-order valence-electron chi connectivity index (χ3n) is 3.91. The molecule has 1 aromatic rings. The molecule has 108 valence electrons. The molecule has 1 fully saturated rings. The molecule has 1 amide bonds. The van der Waals surface area contributed by atoms with Crippen LogP contribution in [0.2, 0.25) is 0 Å². The zero-order valence-corrected chi connectivity index (χ0v) is 11.5. The van der Waals surface area contributed by atoms with Crippen molar-refractivity contribution in [2.45, 2.75) is 37.8 Å². The Labute approximate surface area is 117 Å². The Morgan fingerprint density at radius 3 is 2.60 bits per heavy atom. The molecule has 20 heavy (non-hydrogen) atoms. The van der Waals surface area contributed by atoms with Crippen molar-refractivity contribution in [1.29, 1.82) is 0 Å². The van der Waals surface area contributed by atoms with E-state index in [1.807, 2.05) is 0 Å². The Morgan fingerprint density at radius 1 is 1.35 bits per heavy atom. The Balaban J connectivity index is 2.10. The molecule has 1 saturated carbocycles. The largest absolute Gasteiger partial charge is 0.339 e. The van der Waals surface area contributed by atoms with Crippen molar-refractivity contribution in [2.24, 2.45) is 5.73 Å². The summed E-state index contributed by atoms with van der Waals surface area (Å²) < 4.78 is 0. The third kappa shape index (κ3) is 3.14. The van der Waals surface area contributed by atoms with E-state index in [0.29, 0.717) is 5.56 Å². The first kappa shape index (κ1) is 14.5. The lowest BCUT2D eigenvalue weighted by Gasteiger charge is -2.33. The molecule has 0 atom stereocenters. The first-order valence-corrected chi connectivity index (χ1v) is 6.76. The average molecular weight is 277 g/mol. The number of hydrogen-bond donors (Lipinski definition) is 1. The second kappa shape index (κ2) is 6.00. The number of nitro benzene ring substituents is 1. The lowest BCUT2D eigenvalue weighted by atomic mass is 9.90. The summed E-state index contributed by atoms with van der Waals surface area (Å²) in [7, 11) is 1.75. The van der Waals surface area contributed by atoms with Gasteiger partial charge in [-0.2, -0.15) is 0 Å². The van der Waals surface area contributed by atoms with Crippen molar-refractivity contribution in [3.05, 3.63) is 39.9 Å². The smallest absolute Gasteiger partial charge is 0.270 e. The van der Waals surface area contributed by atoms with Crippen molar-refractivity contribution in [3.8, 4) is 0 Å². The summed E-state index contributed by atoms with van der Waals surface area (Å²) in [5, 5.41) is 10.8. The standard InChI is InChI=1S/C14H19N3O3/c1-16(12-7-5-11(15)6-8-12)14(18)10-3-2-4-13(9-10)17(19)20/h2-4,9,11-12H,5-8,15H2,1H3. The van der Waals surface area contributed by atoms with Gasteiger partial charge in [-0.25, -0.2) is 0 Å². The summed E-state index contributed by atoms with van der Waals surface area (Å²) in [4.78, 5) is 24.3. The molecule has 6 heteroatoms. The van der Waals surface area contributed by atoms with Gasteiger partial charge in [-0.3, -0.25) is 14.9 Å². The minimum Gasteiger partial charge on any atom is -0.339 e. The normalized spacial score (nSPS) is 22.3. The zero-order chi connectivity index (χ0) is 14.7. The van der Waals surface area contributed by atoms with Gasteiger partial charge >= 0.3 is 0 Å². The fraction of sp³-hybridized carbons (Fsp3) is 0.500. The fourth-order valence-corrected chi connectivity index (χ4v) is 2.61. The molecule has 2 N–H and O–H groups in total. The number of carbonyl (C=O) groups is 1.